The first-order valence-corrected chi connectivity index (χ1v) is 6.46. The minimum Gasteiger partial charge on any atom is -0.481 e. The van der Waals surface area contributed by atoms with Crippen molar-refractivity contribution in [3.8, 4) is 0 Å². The highest BCUT2D eigenvalue weighted by atomic mass is 35.5. The Balaban J connectivity index is 3.16. The number of carbonyl (C=O) groups is 3. The summed E-state index contributed by atoms with van der Waals surface area (Å²) >= 11 is 6.00. The van der Waals surface area contributed by atoms with Gasteiger partial charge in [-0.2, -0.15) is 0 Å². The van der Waals surface area contributed by atoms with E-state index in [9.17, 15) is 14.4 Å². The summed E-state index contributed by atoms with van der Waals surface area (Å²) in [6.45, 7) is 1.94. The number of carbonyl (C=O) groups excluding carboxylic acids is 2. The Labute approximate surface area is 121 Å². The Morgan fingerprint density at radius 1 is 1.45 bits per heavy atom. The molecular weight excluding hydrogens is 282 g/mol. The predicted octanol–water partition coefficient (Wildman–Crippen LogP) is 2.17. The standard InChI is InChI=1S/C14H16ClNO4/c1-8(3-13(18)19)14(20)9-4-10(6-16-2)11(7-17)12(15)5-9/h4-5,7-8,16H,3,6H2,1-2H3,(H,18,19). The molecule has 0 radical (unpaired) electrons. The van der Waals surface area contributed by atoms with Crippen molar-refractivity contribution in [1.82, 2.24) is 5.32 Å². The topological polar surface area (TPSA) is 83.5 Å². The third-order valence-electron chi connectivity index (χ3n) is 2.91. The molecular formula is C14H16ClNO4. The van der Waals surface area contributed by atoms with Gasteiger partial charge in [-0.1, -0.05) is 18.5 Å². The molecule has 0 spiro atoms. The molecule has 6 heteroatoms. The number of ketones is 1. The zero-order valence-corrected chi connectivity index (χ0v) is 12.0. The summed E-state index contributed by atoms with van der Waals surface area (Å²) in [4.78, 5) is 33.8. The summed E-state index contributed by atoms with van der Waals surface area (Å²) in [5, 5.41) is 11.8. The number of hydrogen-bond donors (Lipinski definition) is 2. The Bertz CT molecular complexity index is 542. The molecule has 5 nitrogen and oxygen atoms in total. The molecule has 0 saturated heterocycles. The molecule has 1 aromatic carbocycles. The van der Waals surface area contributed by atoms with Crippen LogP contribution in [0.5, 0.6) is 0 Å². The van der Waals surface area contributed by atoms with Crippen molar-refractivity contribution >= 4 is 29.6 Å². The van der Waals surface area contributed by atoms with Crippen molar-refractivity contribution in [2.24, 2.45) is 5.92 Å². The van der Waals surface area contributed by atoms with Gasteiger partial charge in [-0.25, -0.2) is 0 Å². The van der Waals surface area contributed by atoms with Crippen LogP contribution in [0.3, 0.4) is 0 Å². The monoisotopic (exact) mass is 297 g/mol. The largest absolute Gasteiger partial charge is 0.481 e. The second-order valence-corrected chi connectivity index (χ2v) is 4.95. The molecule has 1 unspecified atom stereocenters. The summed E-state index contributed by atoms with van der Waals surface area (Å²) in [7, 11) is 1.71. The molecule has 0 aliphatic carbocycles. The van der Waals surface area contributed by atoms with Crippen LogP contribution in [-0.4, -0.2) is 30.2 Å². The van der Waals surface area contributed by atoms with Gasteiger partial charge < -0.3 is 10.4 Å². The maximum absolute atomic E-state index is 12.2. The Kier molecular flexibility index (Phi) is 5.85. The molecule has 0 amide bonds. The number of Topliss-reactive ketones (excluding diaryl/α,β-unsaturated/α-hetero) is 1. The van der Waals surface area contributed by atoms with Crippen LogP contribution >= 0.6 is 11.6 Å². The quantitative estimate of drug-likeness (QED) is 0.595. The van der Waals surface area contributed by atoms with E-state index in [-0.39, 0.29) is 17.2 Å². The molecule has 1 atom stereocenters. The second kappa shape index (κ2) is 7.17. The van der Waals surface area contributed by atoms with Crippen molar-refractivity contribution < 1.29 is 19.5 Å². The Morgan fingerprint density at radius 2 is 2.10 bits per heavy atom. The molecule has 0 heterocycles. The van der Waals surface area contributed by atoms with E-state index in [4.69, 9.17) is 16.7 Å². The third-order valence-corrected chi connectivity index (χ3v) is 3.23. The van der Waals surface area contributed by atoms with Crippen LogP contribution in [0.15, 0.2) is 12.1 Å². The van der Waals surface area contributed by atoms with Crippen molar-refractivity contribution in [1.29, 1.82) is 0 Å². The average Bonchev–Trinajstić information content (AvgIpc) is 2.37. The zero-order chi connectivity index (χ0) is 15.3. The first kappa shape index (κ1) is 16.3. The number of aldehydes is 1. The van der Waals surface area contributed by atoms with Gasteiger partial charge in [0.05, 0.1) is 11.4 Å². The van der Waals surface area contributed by atoms with Gasteiger partial charge in [-0.15, -0.1) is 0 Å². The van der Waals surface area contributed by atoms with E-state index in [1.807, 2.05) is 0 Å². The Morgan fingerprint density at radius 3 is 2.60 bits per heavy atom. The fourth-order valence-corrected chi connectivity index (χ4v) is 2.21. The molecule has 0 bridgehead atoms. The Hall–Kier alpha value is -1.72. The number of nitrogens with one attached hydrogen (secondary N) is 1. The van der Waals surface area contributed by atoms with Gasteiger partial charge in [-0.3, -0.25) is 14.4 Å². The minimum absolute atomic E-state index is 0.193. The van der Waals surface area contributed by atoms with E-state index in [1.54, 1.807) is 20.0 Å². The van der Waals surface area contributed by atoms with E-state index < -0.39 is 11.9 Å². The normalized spacial score (nSPS) is 11.9. The summed E-state index contributed by atoms with van der Waals surface area (Å²) in [6, 6.07) is 2.98. The highest BCUT2D eigenvalue weighted by molar-refractivity contribution is 6.33. The second-order valence-electron chi connectivity index (χ2n) is 4.54. The number of carboxylic acid groups (broad SMARTS) is 1. The fourth-order valence-electron chi connectivity index (χ4n) is 1.92. The first-order valence-electron chi connectivity index (χ1n) is 6.08. The third kappa shape index (κ3) is 3.88. The van der Waals surface area contributed by atoms with E-state index in [2.05, 4.69) is 5.32 Å². The van der Waals surface area contributed by atoms with Crippen LogP contribution in [0, 0.1) is 5.92 Å². The summed E-state index contributed by atoms with van der Waals surface area (Å²) in [6.07, 6.45) is 0.400. The number of aliphatic carboxylic acids is 1. The summed E-state index contributed by atoms with van der Waals surface area (Å²) in [5.41, 5.74) is 1.27. The molecule has 0 aliphatic heterocycles. The van der Waals surface area contributed by atoms with Gasteiger partial charge in [-0.05, 0) is 24.7 Å². The van der Waals surface area contributed by atoms with Crippen LogP contribution in [-0.2, 0) is 11.3 Å². The maximum Gasteiger partial charge on any atom is 0.304 e. The van der Waals surface area contributed by atoms with Gasteiger partial charge in [0, 0.05) is 23.6 Å². The number of halogens is 1. The highest BCUT2D eigenvalue weighted by Gasteiger charge is 2.20. The molecule has 1 rings (SSSR count). The fraction of sp³-hybridized carbons (Fsp3) is 0.357. The zero-order valence-electron chi connectivity index (χ0n) is 11.3. The van der Waals surface area contributed by atoms with Gasteiger partial charge in [0.25, 0.3) is 0 Å². The van der Waals surface area contributed by atoms with Crippen LogP contribution in [0.1, 0.15) is 39.6 Å². The van der Waals surface area contributed by atoms with Crippen molar-refractivity contribution in [2.75, 3.05) is 7.05 Å². The van der Waals surface area contributed by atoms with Gasteiger partial charge in [0.15, 0.2) is 12.1 Å². The van der Waals surface area contributed by atoms with Gasteiger partial charge >= 0.3 is 5.97 Å². The molecule has 0 aromatic heterocycles. The highest BCUT2D eigenvalue weighted by Crippen LogP contribution is 2.23. The smallest absolute Gasteiger partial charge is 0.304 e. The van der Waals surface area contributed by atoms with Crippen LogP contribution in [0.25, 0.3) is 0 Å². The van der Waals surface area contributed by atoms with Crippen LogP contribution in [0.4, 0.5) is 0 Å². The number of carboxylic acids is 1. The molecule has 0 saturated carbocycles. The van der Waals surface area contributed by atoms with E-state index in [1.165, 1.54) is 6.07 Å². The summed E-state index contributed by atoms with van der Waals surface area (Å²) < 4.78 is 0. The van der Waals surface area contributed by atoms with Crippen molar-refractivity contribution in [3.05, 3.63) is 33.8 Å². The molecule has 0 aliphatic rings. The first-order chi connectivity index (χ1) is 9.40. The van der Waals surface area contributed by atoms with Crippen LogP contribution < -0.4 is 5.32 Å². The average molecular weight is 298 g/mol. The molecule has 0 fully saturated rings. The SMILES string of the molecule is CNCc1cc(C(=O)C(C)CC(=O)O)cc(Cl)c1C=O. The van der Waals surface area contributed by atoms with Crippen molar-refractivity contribution in [2.45, 2.75) is 19.9 Å². The molecule has 2 N–H and O–H groups in total. The van der Waals surface area contributed by atoms with Crippen molar-refractivity contribution in [3.63, 3.8) is 0 Å². The lowest BCUT2D eigenvalue weighted by Gasteiger charge is -2.12. The lowest BCUT2D eigenvalue weighted by Crippen LogP contribution is -2.17. The van der Waals surface area contributed by atoms with E-state index >= 15 is 0 Å². The predicted molar refractivity (Wildman–Crippen MR) is 75.4 cm³/mol. The summed E-state index contributed by atoms with van der Waals surface area (Å²) in [5.74, 6) is -1.98. The number of hydrogen-bond acceptors (Lipinski definition) is 4. The van der Waals surface area contributed by atoms with Gasteiger partial charge in [0.2, 0.25) is 0 Å². The molecule has 1 aromatic rings. The van der Waals surface area contributed by atoms with Gasteiger partial charge in [0.1, 0.15) is 0 Å². The number of rotatable bonds is 7. The van der Waals surface area contributed by atoms with Crippen LogP contribution in [0.2, 0.25) is 5.02 Å². The lowest BCUT2D eigenvalue weighted by atomic mass is 9.94. The molecule has 20 heavy (non-hydrogen) atoms. The maximum atomic E-state index is 12.2. The lowest BCUT2D eigenvalue weighted by molar-refractivity contribution is -0.137. The van der Waals surface area contributed by atoms with E-state index in [0.29, 0.717) is 29.5 Å². The van der Waals surface area contributed by atoms with E-state index in [0.717, 1.165) is 0 Å². The minimum atomic E-state index is -1.03. The number of benzene rings is 1. The molecule has 108 valence electrons.